The lowest BCUT2D eigenvalue weighted by Gasteiger charge is -2.05. The Morgan fingerprint density at radius 2 is 1.88 bits per heavy atom. The predicted octanol–water partition coefficient (Wildman–Crippen LogP) is 2.69. The van der Waals surface area contributed by atoms with E-state index in [9.17, 15) is 19.3 Å². The summed E-state index contributed by atoms with van der Waals surface area (Å²) in [6.07, 6.45) is 0. The lowest BCUT2D eigenvalue weighted by molar-refractivity contribution is -0.383. The van der Waals surface area contributed by atoms with E-state index in [1.165, 1.54) is 36.4 Å². The summed E-state index contributed by atoms with van der Waals surface area (Å²) in [5.41, 5.74) is -0.314. The molecule has 0 spiro atoms. The molecule has 0 bridgehead atoms. The van der Waals surface area contributed by atoms with E-state index in [1.54, 1.807) is 6.07 Å². The van der Waals surface area contributed by atoms with Crippen LogP contribution in [0.2, 0.25) is 0 Å². The molecule has 0 aliphatic carbocycles. The van der Waals surface area contributed by atoms with Crippen LogP contribution in [-0.2, 0) is 0 Å². The molecule has 0 radical (unpaired) electrons. The second-order valence-electron chi connectivity index (χ2n) is 5.36. The summed E-state index contributed by atoms with van der Waals surface area (Å²) in [6.45, 7) is 0. The third kappa shape index (κ3) is 2.59. The first-order valence-electron chi connectivity index (χ1n) is 7.29. The van der Waals surface area contributed by atoms with Gasteiger partial charge in [0, 0.05) is 11.5 Å². The summed E-state index contributed by atoms with van der Waals surface area (Å²) in [5.74, 6) is -0.412. The van der Waals surface area contributed by atoms with Crippen molar-refractivity contribution < 1.29 is 13.7 Å². The van der Waals surface area contributed by atoms with Crippen molar-refractivity contribution in [3.8, 4) is 22.5 Å². The maximum Gasteiger partial charge on any atom is 0.347 e. The fourth-order valence-corrected chi connectivity index (χ4v) is 2.59. The molecule has 26 heavy (non-hydrogen) atoms. The smallest absolute Gasteiger partial charge is 0.347 e. The van der Waals surface area contributed by atoms with Crippen molar-refractivity contribution >= 4 is 16.7 Å². The van der Waals surface area contributed by atoms with Crippen molar-refractivity contribution in [2.75, 3.05) is 0 Å². The SMILES string of the molecule is O=c1oc2c([N+](=O)[O-])cc(-c3ccc(F)cc3)cc2cc1-c1nn[nH]n1. The van der Waals surface area contributed by atoms with Gasteiger partial charge in [0.25, 0.3) is 0 Å². The first-order chi connectivity index (χ1) is 12.5. The van der Waals surface area contributed by atoms with Crippen molar-refractivity contribution in [1.82, 2.24) is 20.6 Å². The van der Waals surface area contributed by atoms with E-state index in [-0.39, 0.29) is 22.7 Å². The summed E-state index contributed by atoms with van der Waals surface area (Å²) in [6, 6.07) is 9.77. The largest absolute Gasteiger partial charge is 0.415 e. The Kier molecular flexibility index (Phi) is 3.50. The van der Waals surface area contributed by atoms with Crippen LogP contribution in [0.15, 0.2) is 51.7 Å². The quantitative estimate of drug-likeness (QED) is 0.341. The number of halogens is 1. The number of nitro benzene ring substituents is 1. The van der Waals surface area contributed by atoms with Gasteiger partial charge in [-0.25, -0.2) is 9.18 Å². The van der Waals surface area contributed by atoms with E-state index in [0.717, 1.165) is 0 Å². The zero-order chi connectivity index (χ0) is 18.3. The number of aromatic nitrogens is 4. The minimum Gasteiger partial charge on any atom is -0.415 e. The number of fused-ring (bicyclic) bond motifs is 1. The van der Waals surface area contributed by atoms with Crippen molar-refractivity contribution in [2.24, 2.45) is 0 Å². The fourth-order valence-electron chi connectivity index (χ4n) is 2.59. The second-order valence-corrected chi connectivity index (χ2v) is 5.36. The number of hydrogen-bond acceptors (Lipinski definition) is 7. The molecule has 1 N–H and O–H groups in total. The zero-order valence-electron chi connectivity index (χ0n) is 12.8. The standard InChI is InChI=1S/C16H8FN5O4/c17-11-3-1-8(2-4-11)9-5-10-6-12(15-18-20-21-19-15)16(23)26-14(10)13(7-9)22(24)25/h1-7H,(H,18,19,20,21). The maximum absolute atomic E-state index is 13.1. The van der Waals surface area contributed by atoms with Crippen LogP contribution in [0.3, 0.4) is 0 Å². The minimum atomic E-state index is -0.823. The monoisotopic (exact) mass is 353 g/mol. The van der Waals surface area contributed by atoms with Crippen molar-refractivity contribution in [1.29, 1.82) is 0 Å². The van der Waals surface area contributed by atoms with Crippen LogP contribution in [0.1, 0.15) is 0 Å². The fraction of sp³-hybridized carbons (Fsp3) is 0. The highest BCUT2D eigenvalue weighted by molar-refractivity contribution is 5.92. The molecule has 0 saturated carbocycles. The van der Waals surface area contributed by atoms with E-state index in [4.69, 9.17) is 4.42 Å². The Morgan fingerprint density at radius 3 is 2.54 bits per heavy atom. The minimum absolute atomic E-state index is 0.00971. The normalized spacial score (nSPS) is 11.0. The number of H-pyrrole nitrogens is 1. The highest BCUT2D eigenvalue weighted by Gasteiger charge is 2.21. The summed E-state index contributed by atoms with van der Waals surface area (Å²) in [5, 5.41) is 24.8. The van der Waals surface area contributed by atoms with Gasteiger partial charge in [-0.1, -0.05) is 12.1 Å². The van der Waals surface area contributed by atoms with Gasteiger partial charge in [0.15, 0.2) is 0 Å². The highest BCUT2D eigenvalue weighted by Crippen LogP contribution is 2.33. The lowest BCUT2D eigenvalue weighted by atomic mass is 10.0. The molecule has 4 aromatic rings. The third-order valence-electron chi connectivity index (χ3n) is 3.77. The Hall–Kier alpha value is -3.95. The first kappa shape index (κ1) is 15.6. The number of benzene rings is 2. The number of nitrogens with one attached hydrogen (secondary N) is 1. The number of tetrazole rings is 1. The molecule has 0 aliphatic heterocycles. The zero-order valence-corrected chi connectivity index (χ0v) is 12.8. The van der Waals surface area contributed by atoms with Crippen molar-refractivity contribution in [2.45, 2.75) is 0 Å². The highest BCUT2D eigenvalue weighted by atomic mass is 19.1. The van der Waals surface area contributed by atoms with Gasteiger partial charge in [0.1, 0.15) is 11.4 Å². The average molecular weight is 353 g/mol. The number of nitro groups is 1. The van der Waals surface area contributed by atoms with Gasteiger partial charge in [0.2, 0.25) is 11.4 Å². The number of rotatable bonds is 3. The molecule has 2 aromatic carbocycles. The van der Waals surface area contributed by atoms with Crippen LogP contribution < -0.4 is 5.63 Å². The van der Waals surface area contributed by atoms with Crippen LogP contribution in [0.25, 0.3) is 33.5 Å². The molecule has 2 heterocycles. The Balaban J connectivity index is 2.01. The van der Waals surface area contributed by atoms with E-state index in [2.05, 4.69) is 20.6 Å². The van der Waals surface area contributed by atoms with E-state index in [1.807, 2.05) is 0 Å². The summed E-state index contributed by atoms with van der Waals surface area (Å²) in [7, 11) is 0. The molecule has 0 fully saturated rings. The maximum atomic E-state index is 13.1. The molecular weight excluding hydrogens is 345 g/mol. The molecule has 9 nitrogen and oxygen atoms in total. The Bertz CT molecular complexity index is 1190. The van der Waals surface area contributed by atoms with Gasteiger partial charge in [0.05, 0.1) is 4.92 Å². The molecule has 0 amide bonds. The van der Waals surface area contributed by atoms with Gasteiger partial charge in [-0.15, -0.1) is 10.2 Å². The van der Waals surface area contributed by atoms with E-state index in [0.29, 0.717) is 16.5 Å². The summed E-state index contributed by atoms with van der Waals surface area (Å²) in [4.78, 5) is 22.9. The van der Waals surface area contributed by atoms with Crippen LogP contribution >= 0.6 is 0 Å². The number of nitrogens with zero attached hydrogens (tertiary/aromatic N) is 4. The number of aromatic amines is 1. The third-order valence-corrected chi connectivity index (χ3v) is 3.77. The van der Waals surface area contributed by atoms with Crippen LogP contribution in [0, 0.1) is 15.9 Å². The molecule has 2 aromatic heterocycles. The van der Waals surface area contributed by atoms with Crippen LogP contribution in [0.4, 0.5) is 10.1 Å². The van der Waals surface area contributed by atoms with Gasteiger partial charge in [-0.2, -0.15) is 5.21 Å². The lowest BCUT2D eigenvalue weighted by Crippen LogP contribution is -2.05. The van der Waals surface area contributed by atoms with Gasteiger partial charge in [-0.05, 0) is 40.6 Å². The Morgan fingerprint density at radius 1 is 1.12 bits per heavy atom. The average Bonchev–Trinajstić information content (AvgIpc) is 3.15. The van der Waals surface area contributed by atoms with E-state index >= 15 is 0 Å². The van der Waals surface area contributed by atoms with Crippen LogP contribution in [-0.4, -0.2) is 25.5 Å². The molecule has 0 saturated heterocycles. The Labute approximate surface area is 143 Å². The van der Waals surface area contributed by atoms with Gasteiger partial charge >= 0.3 is 11.3 Å². The van der Waals surface area contributed by atoms with E-state index < -0.39 is 16.4 Å². The van der Waals surface area contributed by atoms with Crippen molar-refractivity contribution in [3.05, 3.63) is 68.8 Å². The number of hydrogen-bond donors (Lipinski definition) is 1. The predicted molar refractivity (Wildman–Crippen MR) is 87.7 cm³/mol. The first-order valence-corrected chi connectivity index (χ1v) is 7.29. The topological polar surface area (TPSA) is 128 Å². The van der Waals surface area contributed by atoms with Gasteiger partial charge in [-0.3, -0.25) is 10.1 Å². The second kappa shape index (κ2) is 5.84. The molecular formula is C16H8FN5O4. The van der Waals surface area contributed by atoms with Gasteiger partial charge < -0.3 is 4.42 Å². The molecule has 0 atom stereocenters. The molecule has 0 aliphatic rings. The van der Waals surface area contributed by atoms with Crippen LogP contribution in [0.5, 0.6) is 0 Å². The molecule has 0 unspecified atom stereocenters. The summed E-state index contributed by atoms with van der Waals surface area (Å²) < 4.78 is 18.3. The van der Waals surface area contributed by atoms with Crippen molar-refractivity contribution in [3.63, 3.8) is 0 Å². The molecule has 128 valence electrons. The molecule has 10 heteroatoms. The number of non-ortho nitro benzene ring substituents is 1. The summed E-state index contributed by atoms with van der Waals surface area (Å²) >= 11 is 0. The molecule has 4 rings (SSSR count).